The topological polar surface area (TPSA) is 79.0 Å². The van der Waals surface area contributed by atoms with Gasteiger partial charge in [0.05, 0.1) is 17.0 Å². The van der Waals surface area contributed by atoms with Crippen LogP contribution >= 0.6 is 0 Å². The van der Waals surface area contributed by atoms with Gasteiger partial charge in [-0.25, -0.2) is 8.42 Å². The van der Waals surface area contributed by atoms with E-state index in [0.29, 0.717) is 12.1 Å². The van der Waals surface area contributed by atoms with Gasteiger partial charge in [0, 0.05) is 10.9 Å². The van der Waals surface area contributed by atoms with Gasteiger partial charge in [-0.05, 0) is 36.2 Å². The highest BCUT2D eigenvalue weighted by atomic mass is 32.2. The Morgan fingerprint density at radius 3 is 2.71 bits per heavy atom. The van der Waals surface area contributed by atoms with Crippen molar-refractivity contribution >= 4 is 37.4 Å². The van der Waals surface area contributed by atoms with Crippen LogP contribution in [0, 0.1) is 0 Å². The van der Waals surface area contributed by atoms with Crippen molar-refractivity contribution in [3.05, 3.63) is 48.2 Å². The number of fused-ring (bicyclic) bond motifs is 3. The first-order valence-electron chi connectivity index (χ1n) is 7.89. The van der Waals surface area contributed by atoms with E-state index in [1.54, 1.807) is 6.92 Å². The molecule has 1 fully saturated rings. The molecule has 1 unspecified atom stereocenters. The van der Waals surface area contributed by atoms with Crippen LogP contribution in [0.15, 0.2) is 42.5 Å². The van der Waals surface area contributed by atoms with Gasteiger partial charge in [-0.1, -0.05) is 30.3 Å². The highest BCUT2D eigenvalue weighted by Gasteiger charge is 2.39. The largest absolute Gasteiger partial charge is 0.351 e. The Hall–Kier alpha value is -2.34. The number of hydrogen-bond acceptors (Lipinski definition) is 3. The summed E-state index contributed by atoms with van der Waals surface area (Å²) in [5.74, 6) is -0.148. The maximum absolute atomic E-state index is 12.6. The molecule has 1 aromatic heterocycles. The second-order valence-electron chi connectivity index (χ2n) is 6.79. The van der Waals surface area contributed by atoms with E-state index >= 15 is 0 Å². The molecular formula is C18H18N2O3S. The van der Waals surface area contributed by atoms with Crippen LogP contribution in [0.2, 0.25) is 0 Å². The van der Waals surface area contributed by atoms with Gasteiger partial charge < -0.3 is 10.3 Å². The van der Waals surface area contributed by atoms with Crippen molar-refractivity contribution in [2.24, 2.45) is 0 Å². The Kier molecular flexibility index (Phi) is 3.22. The molecule has 2 heterocycles. The predicted octanol–water partition coefficient (Wildman–Crippen LogP) is 2.63. The van der Waals surface area contributed by atoms with Gasteiger partial charge in [-0.2, -0.15) is 0 Å². The van der Waals surface area contributed by atoms with Crippen LogP contribution in [0.5, 0.6) is 0 Å². The number of amides is 1. The van der Waals surface area contributed by atoms with E-state index in [2.05, 4.69) is 10.3 Å². The number of sulfone groups is 1. The van der Waals surface area contributed by atoms with Gasteiger partial charge >= 0.3 is 0 Å². The Balaban J connectivity index is 1.69. The van der Waals surface area contributed by atoms with Crippen LogP contribution in [0.4, 0.5) is 0 Å². The lowest BCUT2D eigenvalue weighted by atomic mass is 10.0. The second kappa shape index (κ2) is 5.08. The van der Waals surface area contributed by atoms with E-state index in [4.69, 9.17) is 0 Å². The number of nitrogens with one attached hydrogen (secondary N) is 2. The highest BCUT2D eigenvalue weighted by Crippen LogP contribution is 2.27. The van der Waals surface area contributed by atoms with Gasteiger partial charge in [0.25, 0.3) is 5.91 Å². The molecule has 4 rings (SSSR count). The number of H-pyrrole nitrogens is 1. The summed E-state index contributed by atoms with van der Waals surface area (Å²) >= 11 is 0. The summed E-state index contributed by atoms with van der Waals surface area (Å²) in [4.78, 5) is 15.7. The predicted molar refractivity (Wildman–Crippen MR) is 94.9 cm³/mol. The third kappa shape index (κ3) is 2.57. The Labute approximate surface area is 140 Å². The zero-order valence-corrected chi connectivity index (χ0v) is 14.1. The van der Waals surface area contributed by atoms with Crippen molar-refractivity contribution < 1.29 is 13.2 Å². The fraction of sp³-hybridized carbons (Fsp3) is 0.278. The molecule has 124 valence electrons. The van der Waals surface area contributed by atoms with Crippen LogP contribution in [-0.2, 0) is 9.84 Å². The SMILES string of the molecule is CC1(NC(=O)c2cc3c(ccc4ccccc43)[nH]2)CCS(=O)(=O)C1. The van der Waals surface area contributed by atoms with Gasteiger partial charge in [0.2, 0.25) is 0 Å². The average Bonchev–Trinajstić information content (AvgIpc) is 3.08. The molecule has 1 saturated heterocycles. The molecule has 0 aliphatic carbocycles. The van der Waals surface area contributed by atoms with Crippen molar-refractivity contribution in [3.63, 3.8) is 0 Å². The van der Waals surface area contributed by atoms with Gasteiger partial charge in [-0.15, -0.1) is 0 Å². The van der Waals surface area contributed by atoms with Crippen LogP contribution in [0.25, 0.3) is 21.7 Å². The van der Waals surface area contributed by atoms with Gasteiger partial charge in [-0.3, -0.25) is 4.79 Å². The Bertz CT molecular complexity index is 1070. The minimum absolute atomic E-state index is 0.00506. The Morgan fingerprint density at radius 2 is 1.96 bits per heavy atom. The van der Waals surface area contributed by atoms with Crippen molar-refractivity contribution in [2.45, 2.75) is 18.9 Å². The zero-order valence-electron chi connectivity index (χ0n) is 13.3. The maximum Gasteiger partial charge on any atom is 0.268 e. The molecule has 0 saturated carbocycles. The third-order valence-corrected chi connectivity index (χ3v) is 6.60. The molecule has 5 nitrogen and oxygen atoms in total. The molecule has 3 aromatic rings. The van der Waals surface area contributed by atoms with Crippen molar-refractivity contribution in [1.29, 1.82) is 0 Å². The number of rotatable bonds is 2. The van der Waals surface area contributed by atoms with Crippen LogP contribution in [-0.4, -0.2) is 36.4 Å². The molecule has 1 aliphatic rings. The first kappa shape index (κ1) is 15.2. The molecule has 2 N–H and O–H groups in total. The normalized spacial score (nSPS) is 22.9. The minimum Gasteiger partial charge on any atom is -0.351 e. The lowest BCUT2D eigenvalue weighted by Crippen LogP contribution is -2.47. The summed E-state index contributed by atoms with van der Waals surface area (Å²) < 4.78 is 23.4. The van der Waals surface area contributed by atoms with Gasteiger partial charge in [0.1, 0.15) is 5.69 Å². The number of benzene rings is 2. The standard InChI is InChI=1S/C18H18N2O3S/c1-18(8-9-24(22,23)11-18)20-17(21)16-10-14-13-5-3-2-4-12(13)6-7-15(14)19-16/h2-7,10,19H,8-9,11H2,1H3,(H,20,21). The molecule has 0 spiro atoms. The van der Waals surface area contributed by atoms with E-state index in [-0.39, 0.29) is 17.4 Å². The van der Waals surface area contributed by atoms with E-state index in [1.807, 2.05) is 42.5 Å². The molecule has 6 heteroatoms. The van der Waals surface area contributed by atoms with Crippen LogP contribution < -0.4 is 5.32 Å². The van der Waals surface area contributed by atoms with E-state index < -0.39 is 15.4 Å². The lowest BCUT2D eigenvalue weighted by molar-refractivity contribution is 0.0911. The van der Waals surface area contributed by atoms with E-state index in [1.165, 1.54) is 0 Å². The van der Waals surface area contributed by atoms with E-state index in [0.717, 1.165) is 21.7 Å². The number of carbonyl (C=O) groups excluding carboxylic acids is 1. The fourth-order valence-corrected chi connectivity index (χ4v) is 5.55. The summed E-state index contributed by atoms with van der Waals surface area (Å²) in [6.45, 7) is 1.79. The van der Waals surface area contributed by atoms with Gasteiger partial charge in [0.15, 0.2) is 9.84 Å². The molecule has 1 aliphatic heterocycles. The molecule has 1 amide bonds. The van der Waals surface area contributed by atoms with E-state index in [9.17, 15) is 13.2 Å². The molecule has 1 atom stereocenters. The molecule has 0 radical (unpaired) electrons. The number of aromatic amines is 1. The summed E-state index contributed by atoms with van der Waals surface area (Å²) in [7, 11) is -3.06. The molecular weight excluding hydrogens is 324 g/mol. The molecule has 0 bridgehead atoms. The fourth-order valence-electron chi connectivity index (χ4n) is 3.46. The zero-order chi connectivity index (χ0) is 16.9. The quantitative estimate of drug-likeness (QED) is 0.751. The van der Waals surface area contributed by atoms with Crippen LogP contribution in [0.1, 0.15) is 23.8 Å². The molecule has 2 aromatic carbocycles. The smallest absolute Gasteiger partial charge is 0.268 e. The summed E-state index contributed by atoms with van der Waals surface area (Å²) in [6.07, 6.45) is 0.449. The first-order chi connectivity index (χ1) is 11.4. The summed E-state index contributed by atoms with van der Waals surface area (Å²) in [5, 5.41) is 6.07. The first-order valence-corrected chi connectivity index (χ1v) is 9.71. The number of hydrogen-bond donors (Lipinski definition) is 2. The summed E-state index contributed by atoms with van der Waals surface area (Å²) in [6, 6.07) is 13.8. The lowest BCUT2D eigenvalue weighted by Gasteiger charge is -2.23. The van der Waals surface area contributed by atoms with Crippen LogP contribution in [0.3, 0.4) is 0 Å². The molecule has 24 heavy (non-hydrogen) atoms. The third-order valence-electron chi connectivity index (χ3n) is 4.69. The van der Waals surface area contributed by atoms with Crippen molar-refractivity contribution in [2.75, 3.05) is 11.5 Å². The minimum atomic E-state index is -3.06. The Morgan fingerprint density at radius 1 is 1.17 bits per heavy atom. The number of carbonyl (C=O) groups is 1. The number of aromatic nitrogens is 1. The monoisotopic (exact) mass is 342 g/mol. The van der Waals surface area contributed by atoms with Crippen molar-refractivity contribution in [3.8, 4) is 0 Å². The maximum atomic E-state index is 12.6. The highest BCUT2D eigenvalue weighted by molar-refractivity contribution is 7.91. The summed E-state index contributed by atoms with van der Waals surface area (Å²) in [5.41, 5.74) is 0.643. The average molecular weight is 342 g/mol. The van der Waals surface area contributed by atoms with Crippen molar-refractivity contribution in [1.82, 2.24) is 10.3 Å². The second-order valence-corrected chi connectivity index (χ2v) is 8.97.